The Kier molecular flexibility index (Phi) is 6.39. The van der Waals surface area contributed by atoms with E-state index in [1.54, 1.807) is 48.5 Å². The monoisotopic (exact) mass is 419 g/mol. The minimum Gasteiger partial charge on any atom is -0.480 e. The molecule has 1 N–H and O–H groups in total. The van der Waals surface area contributed by atoms with Crippen LogP contribution in [0, 0.1) is 0 Å². The van der Waals surface area contributed by atoms with Crippen LogP contribution in [0.15, 0.2) is 54.6 Å². The van der Waals surface area contributed by atoms with Gasteiger partial charge in [-0.3, -0.25) is 9.59 Å². The van der Waals surface area contributed by atoms with Crippen molar-refractivity contribution in [2.45, 2.75) is 32.1 Å². The molecule has 0 fully saturated rings. The third kappa shape index (κ3) is 5.16. The fourth-order valence-corrected chi connectivity index (χ4v) is 3.26. The third-order valence-electron chi connectivity index (χ3n) is 4.58. The van der Waals surface area contributed by atoms with Gasteiger partial charge in [-0.25, -0.2) is 4.98 Å². The number of hydrogen-bond acceptors (Lipinski definition) is 3. The third-order valence-corrected chi connectivity index (χ3v) is 4.58. The SMILES string of the molecule is O=C(O)CN(Cc1ccccc1)C(=O)CCCn1c(C(F)(F)F)nc2ccccc21. The molecule has 3 aromatic rings. The number of carbonyl (C=O) groups excluding carboxylic acids is 1. The van der Waals surface area contributed by atoms with Gasteiger partial charge in [0.25, 0.3) is 0 Å². The number of hydrogen-bond donors (Lipinski definition) is 1. The number of imidazole rings is 1. The van der Waals surface area contributed by atoms with E-state index in [1.165, 1.54) is 11.0 Å². The number of amides is 1. The average molecular weight is 419 g/mol. The molecule has 0 bridgehead atoms. The minimum atomic E-state index is -4.62. The predicted molar refractivity (Wildman–Crippen MR) is 103 cm³/mol. The van der Waals surface area contributed by atoms with E-state index in [-0.39, 0.29) is 31.4 Å². The predicted octanol–water partition coefficient (Wildman–Crippen LogP) is 3.95. The van der Waals surface area contributed by atoms with Gasteiger partial charge < -0.3 is 14.6 Å². The number of benzene rings is 2. The molecule has 0 atom stereocenters. The zero-order valence-corrected chi connectivity index (χ0v) is 16.0. The molecule has 0 radical (unpaired) electrons. The summed E-state index contributed by atoms with van der Waals surface area (Å²) in [5, 5.41) is 9.10. The molecule has 9 heteroatoms. The summed E-state index contributed by atoms with van der Waals surface area (Å²) in [6.45, 7) is -0.420. The average Bonchev–Trinajstić information content (AvgIpc) is 3.07. The Bertz CT molecular complexity index is 1030. The van der Waals surface area contributed by atoms with Crippen LogP contribution in [0.2, 0.25) is 0 Å². The van der Waals surface area contributed by atoms with Crippen molar-refractivity contribution in [1.82, 2.24) is 14.5 Å². The molecule has 0 saturated carbocycles. The van der Waals surface area contributed by atoms with Gasteiger partial charge in [0.2, 0.25) is 11.7 Å². The summed E-state index contributed by atoms with van der Waals surface area (Å²) in [5.74, 6) is -2.60. The van der Waals surface area contributed by atoms with Crippen LogP contribution in [0.4, 0.5) is 13.2 Å². The van der Waals surface area contributed by atoms with E-state index in [2.05, 4.69) is 4.98 Å². The van der Waals surface area contributed by atoms with Crippen LogP contribution in [0.5, 0.6) is 0 Å². The summed E-state index contributed by atoms with van der Waals surface area (Å²) in [5.41, 5.74) is 1.34. The van der Waals surface area contributed by atoms with Gasteiger partial charge in [-0.15, -0.1) is 0 Å². The second kappa shape index (κ2) is 8.98. The molecule has 2 aromatic carbocycles. The van der Waals surface area contributed by atoms with Crippen LogP contribution >= 0.6 is 0 Å². The van der Waals surface area contributed by atoms with Crippen LogP contribution in [0.3, 0.4) is 0 Å². The molecule has 0 unspecified atom stereocenters. The van der Waals surface area contributed by atoms with Gasteiger partial charge in [0, 0.05) is 19.5 Å². The summed E-state index contributed by atoms with van der Waals surface area (Å²) in [7, 11) is 0. The van der Waals surface area contributed by atoms with Crippen molar-refractivity contribution in [3.8, 4) is 0 Å². The maximum absolute atomic E-state index is 13.4. The summed E-state index contributed by atoms with van der Waals surface area (Å²) in [6, 6.07) is 15.2. The molecular formula is C21H20F3N3O3. The molecule has 30 heavy (non-hydrogen) atoms. The highest BCUT2D eigenvalue weighted by Crippen LogP contribution is 2.31. The van der Waals surface area contributed by atoms with Gasteiger partial charge in [-0.05, 0) is 24.1 Å². The number of carbonyl (C=O) groups is 2. The zero-order chi connectivity index (χ0) is 21.7. The topological polar surface area (TPSA) is 75.4 Å². The number of rotatable bonds is 8. The number of alkyl halides is 3. The van der Waals surface area contributed by atoms with Gasteiger partial charge in [0.05, 0.1) is 11.0 Å². The maximum atomic E-state index is 13.4. The molecule has 0 saturated heterocycles. The van der Waals surface area contributed by atoms with Crippen LogP contribution in [-0.2, 0) is 28.9 Å². The Labute approximate surface area is 170 Å². The molecule has 158 valence electrons. The Morgan fingerprint density at radius 3 is 2.37 bits per heavy atom. The Morgan fingerprint density at radius 2 is 1.70 bits per heavy atom. The van der Waals surface area contributed by atoms with Gasteiger partial charge in [0.15, 0.2) is 0 Å². The molecule has 1 amide bonds. The van der Waals surface area contributed by atoms with Crippen molar-refractivity contribution in [1.29, 1.82) is 0 Å². The molecule has 0 spiro atoms. The number of para-hydroxylation sites is 2. The quantitative estimate of drug-likeness (QED) is 0.600. The summed E-state index contributed by atoms with van der Waals surface area (Å²) < 4.78 is 41.1. The number of aliphatic carboxylic acids is 1. The van der Waals surface area contributed by atoms with Gasteiger partial charge in [-0.2, -0.15) is 13.2 Å². The van der Waals surface area contributed by atoms with E-state index in [4.69, 9.17) is 5.11 Å². The number of carboxylic acids is 1. The first-order valence-electron chi connectivity index (χ1n) is 9.31. The van der Waals surface area contributed by atoms with Crippen LogP contribution in [0.25, 0.3) is 11.0 Å². The van der Waals surface area contributed by atoms with Crippen molar-refractivity contribution in [3.05, 3.63) is 66.0 Å². The number of carboxylic acid groups (broad SMARTS) is 1. The minimum absolute atomic E-state index is 0.0622. The first-order valence-corrected chi connectivity index (χ1v) is 9.31. The van der Waals surface area contributed by atoms with E-state index in [0.29, 0.717) is 5.52 Å². The normalized spacial score (nSPS) is 11.6. The van der Waals surface area contributed by atoms with Crippen molar-refractivity contribution in [3.63, 3.8) is 0 Å². The lowest BCUT2D eigenvalue weighted by Gasteiger charge is -2.21. The molecule has 0 aliphatic heterocycles. The molecule has 0 aliphatic rings. The summed E-state index contributed by atoms with van der Waals surface area (Å²) in [6.07, 6.45) is -4.58. The van der Waals surface area contributed by atoms with E-state index in [9.17, 15) is 22.8 Å². The highest BCUT2D eigenvalue weighted by molar-refractivity contribution is 5.81. The van der Waals surface area contributed by atoms with E-state index >= 15 is 0 Å². The zero-order valence-electron chi connectivity index (χ0n) is 16.0. The van der Waals surface area contributed by atoms with E-state index in [1.807, 2.05) is 0 Å². The number of nitrogens with zero attached hydrogens (tertiary/aromatic N) is 3. The molecule has 3 rings (SSSR count). The van der Waals surface area contributed by atoms with Crippen molar-refractivity contribution in [2.24, 2.45) is 0 Å². The number of aromatic nitrogens is 2. The smallest absolute Gasteiger partial charge is 0.449 e. The molecule has 6 nitrogen and oxygen atoms in total. The molecule has 1 heterocycles. The Hall–Kier alpha value is -3.36. The number of halogens is 3. The maximum Gasteiger partial charge on any atom is 0.449 e. The molecule has 0 aliphatic carbocycles. The lowest BCUT2D eigenvalue weighted by Crippen LogP contribution is -2.35. The molecular weight excluding hydrogens is 399 g/mol. The van der Waals surface area contributed by atoms with E-state index in [0.717, 1.165) is 10.1 Å². The summed E-state index contributed by atoms with van der Waals surface area (Å²) in [4.78, 5) is 28.6. The fourth-order valence-electron chi connectivity index (χ4n) is 3.26. The highest BCUT2D eigenvalue weighted by Gasteiger charge is 2.37. The van der Waals surface area contributed by atoms with Crippen LogP contribution < -0.4 is 0 Å². The lowest BCUT2D eigenvalue weighted by atomic mass is 10.2. The molecule has 1 aromatic heterocycles. The number of fused-ring (bicyclic) bond motifs is 1. The Balaban J connectivity index is 1.71. The highest BCUT2D eigenvalue weighted by atomic mass is 19.4. The van der Waals surface area contributed by atoms with Gasteiger partial charge in [-0.1, -0.05) is 42.5 Å². The first kappa shape index (κ1) is 21.4. The first-order chi connectivity index (χ1) is 14.3. The summed E-state index contributed by atoms with van der Waals surface area (Å²) >= 11 is 0. The van der Waals surface area contributed by atoms with Gasteiger partial charge in [0.1, 0.15) is 6.54 Å². The lowest BCUT2D eigenvalue weighted by molar-refractivity contribution is -0.147. The second-order valence-corrected chi connectivity index (χ2v) is 6.81. The standard InChI is InChI=1S/C21H20F3N3O3/c22-21(23,24)20-25-16-9-4-5-10-17(16)27(20)12-6-11-18(28)26(14-19(29)30)13-15-7-2-1-3-8-15/h1-5,7-10H,6,11-14H2,(H,29,30). The Morgan fingerprint density at radius 1 is 1.03 bits per heavy atom. The van der Waals surface area contributed by atoms with Crippen LogP contribution in [-0.4, -0.2) is 38.0 Å². The fraction of sp³-hybridized carbons (Fsp3) is 0.286. The second-order valence-electron chi connectivity index (χ2n) is 6.81. The van der Waals surface area contributed by atoms with Crippen molar-refractivity contribution >= 4 is 22.9 Å². The largest absolute Gasteiger partial charge is 0.480 e. The van der Waals surface area contributed by atoms with Crippen LogP contribution in [0.1, 0.15) is 24.2 Å². The van der Waals surface area contributed by atoms with E-state index < -0.39 is 30.4 Å². The van der Waals surface area contributed by atoms with Crippen molar-refractivity contribution < 1.29 is 27.9 Å². The number of aryl methyl sites for hydroxylation is 1. The van der Waals surface area contributed by atoms with Crippen molar-refractivity contribution in [2.75, 3.05) is 6.54 Å². The van der Waals surface area contributed by atoms with Gasteiger partial charge >= 0.3 is 12.1 Å².